The highest BCUT2D eigenvalue weighted by molar-refractivity contribution is 8.21. The summed E-state index contributed by atoms with van der Waals surface area (Å²) in [6, 6.07) is 0. The number of hydrogen-bond acceptors (Lipinski definition) is 3. The number of nitrogens with zero attached hydrogens (tertiary/aromatic N) is 1. The van der Waals surface area contributed by atoms with Gasteiger partial charge in [-0.05, 0) is 0 Å². The van der Waals surface area contributed by atoms with E-state index in [2.05, 4.69) is 4.90 Å². The van der Waals surface area contributed by atoms with Crippen LogP contribution in [0, 0.1) is 4.71 Å². The van der Waals surface area contributed by atoms with Gasteiger partial charge in [0, 0.05) is 24.6 Å². The molecule has 3 heteroatoms. The van der Waals surface area contributed by atoms with Crippen molar-refractivity contribution in [2.24, 2.45) is 0 Å². The van der Waals surface area contributed by atoms with Crippen LogP contribution in [0.25, 0.3) is 0 Å². The molecular weight excluding hydrogens is 138 g/mol. The lowest BCUT2D eigenvalue weighted by atomic mass is 10.6. The standard InChI is InChI=1S/C5H8NS2/c1-3-7-5-6(1)2-4-8-5/h1-4H2. The summed E-state index contributed by atoms with van der Waals surface area (Å²) in [5.74, 6) is 2.64. The highest BCUT2D eigenvalue weighted by Gasteiger charge is 2.30. The van der Waals surface area contributed by atoms with Crippen molar-refractivity contribution >= 4 is 23.5 Å². The fraction of sp³-hybridized carbons (Fsp3) is 0.800. The maximum atomic E-state index is 2.48. The van der Waals surface area contributed by atoms with Crippen molar-refractivity contribution in [3.63, 3.8) is 0 Å². The highest BCUT2D eigenvalue weighted by Crippen LogP contribution is 2.44. The van der Waals surface area contributed by atoms with E-state index in [9.17, 15) is 0 Å². The first-order chi connectivity index (χ1) is 3.97. The number of rotatable bonds is 0. The van der Waals surface area contributed by atoms with E-state index in [-0.39, 0.29) is 0 Å². The minimum atomic E-state index is 1.30. The Hall–Kier alpha value is 0.660. The summed E-state index contributed by atoms with van der Waals surface area (Å²) in [5, 5.41) is 0. The molecule has 0 aromatic heterocycles. The second-order valence-electron chi connectivity index (χ2n) is 1.95. The summed E-state index contributed by atoms with van der Waals surface area (Å²) in [4.78, 5) is 2.48. The molecule has 0 aromatic rings. The zero-order chi connectivity index (χ0) is 5.40. The third-order valence-electron chi connectivity index (χ3n) is 1.43. The second kappa shape index (κ2) is 2.12. The van der Waals surface area contributed by atoms with Gasteiger partial charge in [0.15, 0.2) is 4.71 Å². The predicted octanol–water partition coefficient (Wildman–Crippen LogP) is 1.23. The van der Waals surface area contributed by atoms with Crippen LogP contribution in [-0.2, 0) is 0 Å². The molecule has 2 aliphatic rings. The fourth-order valence-corrected chi connectivity index (χ4v) is 3.54. The summed E-state index contributed by atoms with van der Waals surface area (Å²) >= 11 is 4.04. The second-order valence-corrected chi connectivity index (χ2v) is 4.38. The van der Waals surface area contributed by atoms with Crippen molar-refractivity contribution in [1.82, 2.24) is 4.90 Å². The van der Waals surface area contributed by atoms with Gasteiger partial charge >= 0.3 is 0 Å². The van der Waals surface area contributed by atoms with Gasteiger partial charge in [-0.25, -0.2) is 0 Å². The Kier molecular flexibility index (Phi) is 1.44. The monoisotopic (exact) mass is 146 g/mol. The molecule has 0 amide bonds. The Morgan fingerprint density at radius 1 is 1.12 bits per heavy atom. The van der Waals surface area contributed by atoms with E-state index < -0.39 is 0 Å². The molecule has 1 nitrogen and oxygen atoms in total. The van der Waals surface area contributed by atoms with E-state index in [1.165, 1.54) is 24.6 Å². The van der Waals surface area contributed by atoms with E-state index in [1.807, 2.05) is 23.5 Å². The minimum absolute atomic E-state index is 1.30. The molecule has 0 saturated carbocycles. The van der Waals surface area contributed by atoms with Gasteiger partial charge in [-0.1, -0.05) is 0 Å². The normalized spacial score (nSPS) is 31.5. The molecule has 0 N–H and O–H groups in total. The van der Waals surface area contributed by atoms with Crippen molar-refractivity contribution in [3.8, 4) is 0 Å². The summed E-state index contributed by atoms with van der Waals surface area (Å²) in [5.41, 5.74) is 0. The van der Waals surface area contributed by atoms with Crippen LogP contribution >= 0.6 is 23.5 Å². The van der Waals surface area contributed by atoms with Gasteiger partial charge in [0.1, 0.15) is 0 Å². The summed E-state index contributed by atoms with van der Waals surface area (Å²) in [7, 11) is 0. The van der Waals surface area contributed by atoms with Gasteiger partial charge in [0.05, 0.1) is 0 Å². The van der Waals surface area contributed by atoms with Crippen molar-refractivity contribution in [3.05, 3.63) is 4.71 Å². The largest absolute Gasteiger partial charge is 0.276 e. The zero-order valence-corrected chi connectivity index (χ0v) is 6.23. The van der Waals surface area contributed by atoms with E-state index in [4.69, 9.17) is 0 Å². The first-order valence-electron chi connectivity index (χ1n) is 2.84. The van der Waals surface area contributed by atoms with Crippen molar-refractivity contribution in [2.45, 2.75) is 0 Å². The molecule has 2 saturated heterocycles. The van der Waals surface area contributed by atoms with E-state index in [0.29, 0.717) is 0 Å². The lowest BCUT2D eigenvalue weighted by Gasteiger charge is -2.07. The molecule has 0 aromatic carbocycles. The van der Waals surface area contributed by atoms with Crippen LogP contribution in [0.4, 0.5) is 0 Å². The van der Waals surface area contributed by atoms with Crippen molar-refractivity contribution in [1.29, 1.82) is 0 Å². The molecule has 1 radical (unpaired) electrons. The van der Waals surface area contributed by atoms with E-state index >= 15 is 0 Å². The number of fused-ring (bicyclic) bond motifs is 1. The molecule has 0 atom stereocenters. The molecule has 0 bridgehead atoms. The molecule has 2 aliphatic heterocycles. The Balaban J connectivity index is 2.04. The van der Waals surface area contributed by atoms with Crippen molar-refractivity contribution in [2.75, 3.05) is 24.6 Å². The van der Waals surface area contributed by atoms with Crippen LogP contribution in [0.3, 0.4) is 0 Å². The van der Waals surface area contributed by atoms with Crippen LogP contribution in [0.5, 0.6) is 0 Å². The summed E-state index contributed by atoms with van der Waals surface area (Å²) < 4.78 is 1.57. The van der Waals surface area contributed by atoms with Crippen LogP contribution < -0.4 is 0 Å². The molecule has 0 unspecified atom stereocenters. The maximum Gasteiger partial charge on any atom is 0.152 e. The SMILES string of the molecule is C1CN2CCS[C]2S1. The van der Waals surface area contributed by atoms with Gasteiger partial charge in [0.25, 0.3) is 0 Å². The van der Waals surface area contributed by atoms with E-state index in [0.717, 1.165) is 0 Å². The molecule has 8 heavy (non-hydrogen) atoms. The smallest absolute Gasteiger partial charge is 0.152 e. The predicted molar refractivity (Wildman–Crippen MR) is 39.7 cm³/mol. The molecule has 0 aliphatic carbocycles. The molecule has 2 heterocycles. The van der Waals surface area contributed by atoms with Gasteiger partial charge in [0.2, 0.25) is 0 Å². The molecule has 45 valence electrons. The van der Waals surface area contributed by atoms with Gasteiger partial charge in [-0.2, -0.15) is 0 Å². The topological polar surface area (TPSA) is 3.24 Å². The first-order valence-corrected chi connectivity index (χ1v) is 4.81. The van der Waals surface area contributed by atoms with Crippen LogP contribution in [0.2, 0.25) is 0 Å². The van der Waals surface area contributed by atoms with Crippen LogP contribution in [-0.4, -0.2) is 29.5 Å². The van der Waals surface area contributed by atoms with Crippen LogP contribution in [0.15, 0.2) is 0 Å². The fourth-order valence-electron chi connectivity index (χ4n) is 1.00. The van der Waals surface area contributed by atoms with Gasteiger partial charge in [-0.3, -0.25) is 4.90 Å². The van der Waals surface area contributed by atoms with Gasteiger partial charge < -0.3 is 0 Å². The molecule has 2 fully saturated rings. The maximum absolute atomic E-state index is 2.48. The quantitative estimate of drug-likeness (QED) is 0.506. The average Bonchev–Trinajstić information content (AvgIpc) is 2.15. The lowest BCUT2D eigenvalue weighted by Crippen LogP contribution is -2.16. The molecule has 2 rings (SSSR count). The minimum Gasteiger partial charge on any atom is -0.276 e. The zero-order valence-electron chi connectivity index (χ0n) is 4.59. The van der Waals surface area contributed by atoms with Crippen LogP contribution in [0.1, 0.15) is 0 Å². The molecule has 0 spiro atoms. The third kappa shape index (κ3) is 0.769. The third-order valence-corrected chi connectivity index (χ3v) is 3.92. The Morgan fingerprint density at radius 3 is 2.25 bits per heavy atom. The van der Waals surface area contributed by atoms with E-state index in [1.54, 1.807) is 4.71 Å². The lowest BCUT2D eigenvalue weighted by molar-refractivity contribution is 0.426. The van der Waals surface area contributed by atoms with Crippen molar-refractivity contribution < 1.29 is 0 Å². The molecular formula is C5H8NS2. The Labute approximate surface area is 58.2 Å². The summed E-state index contributed by atoms with van der Waals surface area (Å²) in [6.45, 7) is 2.60. The highest BCUT2D eigenvalue weighted by atomic mass is 32.2. The Morgan fingerprint density at radius 2 is 1.75 bits per heavy atom. The summed E-state index contributed by atoms with van der Waals surface area (Å²) in [6.07, 6.45) is 0. The number of thioether (sulfide) groups is 2. The Bertz CT molecular complexity index is 76.4. The number of hydrogen-bond donors (Lipinski definition) is 0. The average molecular weight is 146 g/mol. The first kappa shape index (κ1) is 5.45. The van der Waals surface area contributed by atoms with Gasteiger partial charge in [-0.15, -0.1) is 23.5 Å².